The van der Waals surface area contributed by atoms with Crippen molar-refractivity contribution in [3.8, 4) is 11.3 Å². The lowest BCUT2D eigenvalue weighted by Crippen LogP contribution is -2.38. The normalized spacial score (nSPS) is 17.5. The van der Waals surface area contributed by atoms with Gasteiger partial charge in [0.05, 0.1) is 28.2 Å². The minimum atomic E-state index is -0.398. The third-order valence-corrected chi connectivity index (χ3v) is 7.10. The van der Waals surface area contributed by atoms with Crippen molar-refractivity contribution in [1.29, 1.82) is 0 Å². The third-order valence-electron chi connectivity index (χ3n) is 6.29. The van der Waals surface area contributed by atoms with Crippen molar-refractivity contribution in [3.63, 3.8) is 0 Å². The minimum Gasteiger partial charge on any atom is -0.341 e. The van der Waals surface area contributed by atoms with Gasteiger partial charge in [0.2, 0.25) is 5.95 Å². The molecule has 37 heavy (non-hydrogen) atoms. The van der Waals surface area contributed by atoms with Crippen molar-refractivity contribution < 1.29 is 14.0 Å². The van der Waals surface area contributed by atoms with E-state index in [1.807, 2.05) is 19.1 Å². The van der Waals surface area contributed by atoms with E-state index in [0.717, 1.165) is 55.5 Å². The lowest BCUT2D eigenvalue weighted by Gasteiger charge is -2.32. The summed E-state index contributed by atoms with van der Waals surface area (Å²) in [5.41, 5.74) is 3.56. The van der Waals surface area contributed by atoms with Gasteiger partial charge in [-0.1, -0.05) is 0 Å². The molecule has 0 aliphatic carbocycles. The molecular weight excluding hydrogens is 493 g/mol. The van der Waals surface area contributed by atoms with E-state index in [9.17, 15) is 14.0 Å². The van der Waals surface area contributed by atoms with Crippen LogP contribution in [0.1, 0.15) is 29.8 Å². The molecule has 2 saturated heterocycles. The average Bonchev–Trinajstić information content (AvgIpc) is 3.20. The van der Waals surface area contributed by atoms with Crippen LogP contribution in [0.15, 0.2) is 47.8 Å². The Labute approximate surface area is 218 Å². The zero-order valence-corrected chi connectivity index (χ0v) is 21.1. The molecule has 2 aliphatic rings. The van der Waals surface area contributed by atoms with Crippen LogP contribution >= 0.6 is 11.8 Å². The highest BCUT2D eigenvalue weighted by Gasteiger charge is 2.26. The van der Waals surface area contributed by atoms with Crippen LogP contribution in [0.2, 0.25) is 0 Å². The largest absolute Gasteiger partial charge is 0.341 e. The summed E-state index contributed by atoms with van der Waals surface area (Å²) in [7, 11) is 0. The van der Waals surface area contributed by atoms with Crippen LogP contribution in [-0.4, -0.2) is 50.7 Å². The molecule has 2 amide bonds. The van der Waals surface area contributed by atoms with Gasteiger partial charge in [-0.2, -0.15) is 0 Å². The van der Waals surface area contributed by atoms with E-state index in [4.69, 9.17) is 0 Å². The number of pyridine rings is 2. The number of imide groups is 1. The number of carbonyl (C=O) groups is 2. The summed E-state index contributed by atoms with van der Waals surface area (Å²) >= 11 is 0.874. The summed E-state index contributed by atoms with van der Waals surface area (Å²) in [6, 6.07) is 7.26. The Hall–Kier alpha value is -3.70. The number of nitrogens with zero attached hydrogens (tertiary/aromatic N) is 5. The number of carbonyl (C=O) groups excluding carboxylic acids is 2. The summed E-state index contributed by atoms with van der Waals surface area (Å²) in [4.78, 5) is 43.1. The molecule has 0 atom stereocenters. The molecule has 3 aromatic heterocycles. The van der Waals surface area contributed by atoms with Crippen molar-refractivity contribution in [2.75, 3.05) is 24.5 Å². The third kappa shape index (κ3) is 6.17. The molecular formula is C26H26FN7O2S. The van der Waals surface area contributed by atoms with E-state index in [0.29, 0.717) is 40.3 Å². The summed E-state index contributed by atoms with van der Waals surface area (Å²) in [5.74, 6) is 0.351. The number of aromatic nitrogens is 4. The summed E-state index contributed by atoms with van der Waals surface area (Å²) in [6.45, 7) is 5.10. The molecule has 3 aromatic rings. The van der Waals surface area contributed by atoms with E-state index in [-0.39, 0.29) is 11.1 Å². The number of nitrogens with one attached hydrogen (secondary N) is 2. The predicted molar refractivity (Wildman–Crippen MR) is 140 cm³/mol. The van der Waals surface area contributed by atoms with Gasteiger partial charge in [0.15, 0.2) is 5.82 Å². The first-order valence-corrected chi connectivity index (χ1v) is 12.9. The first-order valence-electron chi connectivity index (χ1n) is 12.1. The molecule has 0 aromatic carbocycles. The maximum absolute atomic E-state index is 14.2. The molecule has 0 radical (unpaired) electrons. The fourth-order valence-corrected chi connectivity index (χ4v) is 5.11. The van der Waals surface area contributed by atoms with Crippen LogP contribution in [0.25, 0.3) is 17.3 Å². The van der Waals surface area contributed by atoms with Crippen molar-refractivity contribution in [2.24, 2.45) is 5.92 Å². The zero-order valence-electron chi connectivity index (χ0n) is 20.3. The van der Waals surface area contributed by atoms with Gasteiger partial charge in [-0.05, 0) is 79.9 Å². The van der Waals surface area contributed by atoms with Crippen molar-refractivity contribution in [2.45, 2.75) is 26.3 Å². The fraction of sp³-hybridized carbons (Fsp3) is 0.308. The SMILES string of the molecule is Cc1cc(CNCC2CCN(c3nccc(/C=C4\SC(=O)NC4=O)n3)CC2)nc(-c2ccncc2F)c1. The van der Waals surface area contributed by atoms with Crippen LogP contribution in [0, 0.1) is 18.7 Å². The Morgan fingerprint density at radius 1 is 1.19 bits per heavy atom. The van der Waals surface area contributed by atoms with Crippen molar-refractivity contribution in [1.82, 2.24) is 30.6 Å². The Bertz CT molecular complexity index is 1360. The molecule has 2 fully saturated rings. The van der Waals surface area contributed by atoms with Crippen LogP contribution in [0.3, 0.4) is 0 Å². The summed E-state index contributed by atoms with van der Waals surface area (Å²) < 4.78 is 14.2. The van der Waals surface area contributed by atoms with Crippen molar-refractivity contribution in [3.05, 3.63) is 70.5 Å². The number of piperidine rings is 1. The fourth-order valence-electron chi connectivity index (χ4n) is 4.44. The lowest BCUT2D eigenvalue weighted by atomic mass is 9.97. The molecule has 0 saturated carbocycles. The number of hydrogen-bond acceptors (Lipinski definition) is 9. The first kappa shape index (κ1) is 25.0. The maximum atomic E-state index is 14.2. The lowest BCUT2D eigenvalue weighted by molar-refractivity contribution is -0.115. The van der Waals surface area contributed by atoms with Crippen LogP contribution < -0.4 is 15.5 Å². The topological polar surface area (TPSA) is 113 Å². The molecule has 5 heterocycles. The quantitative estimate of drug-likeness (QED) is 0.451. The molecule has 9 nitrogen and oxygen atoms in total. The number of rotatable bonds is 7. The monoisotopic (exact) mass is 519 g/mol. The Morgan fingerprint density at radius 3 is 2.78 bits per heavy atom. The van der Waals surface area contributed by atoms with Gasteiger partial charge in [0.25, 0.3) is 11.1 Å². The highest BCUT2D eigenvalue weighted by atomic mass is 32.2. The predicted octanol–water partition coefficient (Wildman–Crippen LogP) is 3.71. The molecule has 190 valence electrons. The zero-order chi connectivity index (χ0) is 25.8. The molecule has 5 rings (SSSR count). The molecule has 2 N–H and O–H groups in total. The molecule has 0 bridgehead atoms. The average molecular weight is 520 g/mol. The van der Waals surface area contributed by atoms with E-state index in [1.165, 1.54) is 6.20 Å². The van der Waals surface area contributed by atoms with Gasteiger partial charge in [0, 0.05) is 37.6 Å². The minimum absolute atomic E-state index is 0.334. The summed E-state index contributed by atoms with van der Waals surface area (Å²) in [6.07, 6.45) is 8.04. The number of amides is 2. The number of aryl methyl sites for hydroxylation is 1. The van der Waals surface area contributed by atoms with Gasteiger partial charge >= 0.3 is 0 Å². The van der Waals surface area contributed by atoms with Gasteiger partial charge in [-0.3, -0.25) is 24.9 Å². The molecule has 0 spiro atoms. The smallest absolute Gasteiger partial charge is 0.290 e. The number of thioether (sulfide) groups is 1. The first-order chi connectivity index (χ1) is 17.9. The highest BCUT2D eigenvalue weighted by Crippen LogP contribution is 2.26. The second kappa shape index (κ2) is 11.1. The Balaban J connectivity index is 1.14. The second-order valence-electron chi connectivity index (χ2n) is 9.07. The van der Waals surface area contributed by atoms with Crippen LogP contribution in [0.4, 0.5) is 15.1 Å². The second-order valence-corrected chi connectivity index (χ2v) is 10.1. The highest BCUT2D eigenvalue weighted by molar-refractivity contribution is 8.18. The number of hydrogen-bond donors (Lipinski definition) is 2. The van der Waals surface area contributed by atoms with E-state index in [2.05, 4.69) is 35.5 Å². The Kier molecular flexibility index (Phi) is 7.52. The summed E-state index contributed by atoms with van der Waals surface area (Å²) in [5, 5.41) is 5.39. The Morgan fingerprint density at radius 2 is 2.03 bits per heavy atom. The van der Waals surface area contributed by atoms with Crippen molar-refractivity contribution >= 4 is 34.9 Å². The molecule has 11 heteroatoms. The van der Waals surface area contributed by atoms with E-state index in [1.54, 1.807) is 30.6 Å². The standard InChI is InChI=1S/C26H26FN7O2S/c1-16-10-19(31-22(11-16)20-3-6-28-15-21(20)27)14-29-13-17-4-8-34(9-5-17)25-30-7-2-18(32-25)12-23-24(35)33-26(36)37-23/h2-3,6-7,10-12,15,17,29H,4-5,8-9,13-14H2,1H3,(H,33,35,36)/b23-12-. The number of anilines is 1. The van der Waals surface area contributed by atoms with E-state index < -0.39 is 5.91 Å². The van der Waals surface area contributed by atoms with Gasteiger partial charge in [0.1, 0.15) is 0 Å². The van der Waals surface area contributed by atoms with Crippen LogP contribution in [0.5, 0.6) is 0 Å². The molecule has 0 unspecified atom stereocenters. The van der Waals surface area contributed by atoms with Gasteiger partial charge in [-0.15, -0.1) is 0 Å². The number of halogens is 1. The maximum Gasteiger partial charge on any atom is 0.290 e. The van der Waals surface area contributed by atoms with Gasteiger partial charge in [-0.25, -0.2) is 14.4 Å². The van der Waals surface area contributed by atoms with E-state index >= 15 is 0 Å². The molecule has 2 aliphatic heterocycles. The van der Waals surface area contributed by atoms with Gasteiger partial charge < -0.3 is 10.2 Å². The van der Waals surface area contributed by atoms with Crippen LogP contribution in [-0.2, 0) is 11.3 Å².